The first kappa shape index (κ1) is 10.6. The fraction of sp³-hybridized carbons (Fsp3) is 0.0833. The van der Waals surface area contributed by atoms with Gasteiger partial charge in [-0.3, -0.25) is 0 Å². The van der Waals surface area contributed by atoms with Crippen LogP contribution < -0.4 is 0 Å². The second kappa shape index (κ2) is 4.73. The second-order valence-corrected chi connectivity index (χ2v) is 3.64. The van der Waals surface area contributed by atoms with Crippen molar-refractivity contribution in [2.45, 2.75) is 5.92 Å². The van der Waals surface area contributed by atoms with Crippen molar-refractivity contribution in [1.82, 2.24) is 9.97 Å². The van der Waals surface area contributed by atoms with Crippen molar-refractivity contribution >= 4 is 11.6 Å². The van der Waals surface area contributed by atoms with E-state index in [1.807, 2.05) is 30.3 Å². The molecular weight excluding hydrogens is 222 g/mol. The number of aromatic nitrogens is 2. The number of benzene rings is 1. The maximum atomic E-state index is 9.19. The Kier molecular flexibility index (Phi) is 3.13. The lowest BCUT2D eigenvalue weighted by Gasteiger charge is -2.09. The number of nitrogens with zero attached hydrogens (tertiary/aromatic N) is 3. The largest absolute Gasteiger partial charge is 0.243 e. The van der Waals surface area contributed by atoms with Crippen LogP contribution in [0.2, 0.25) is 5.02 Å². The SMILES string of the molecule is N#CC(c1ccccc1)c1ncncc1Cl. The maximum absolute atomic E-state index is 9.19. The third kappa shape index (κ3) is 2.02. The topological polar surface area (TPSA) is 49.6 Å². The highest BCUT2D eigenvalue weighted by Gasteiger charge is 2.17. The number of rotatable bonds is 2. The van der Waals surface area contributed by atoms with Gasteiger partial charge in [-0.1, -0.05) is 41.9 Å². The number of halogens is 1. The van der Waals surface area contributed by atoms with Crippen LogP contribution in [-0.2, 0) is 0 Å². The molecule has 0 radical (unpaired) electrons. The van der Waals surface area contributed by atoms with Gasteiger partial charge in [0.1, 0.15) is 12.2 Å². The standard InChI is InChI=1S/C12H8ClN3/c13-11-7-15-8-16-12(11)10(6-14)9-4-2-1-3-5-9/h1-5,7-8,10H. The zero-order valence-corrected chi connectivity index (χ0v) is 9.09. The van der Waals surface area contributed by atoms with Gasteiger partial charge in [0.05, 0.1) is 16.8 Å². The van der Waals surface area contributed by atoms with E-state index in [2.05, 4.69) is 16.0 Å². The minimum absolute atomic E-state index is 0.415. The summed E-state index contributed by atoms with van der Waals surface area (Å²) in [5, 5.41) is 9.60. The predicted molar refractivity (Wildman–Crippen MR) is 60.9 cm³/mol. The average molecular weight is 230 g/mol. The molecule has 1 aromatic carbocycles. The smallest absolute Gasteiger partial charge is 0.115 e. The van der Waals surface area contributed by atoms with Gasteiger partial charge in [-0.15, -0.1) is 0 Å². The summed E-state index contributed by atoms with van der Waals surface area (Å²) in [5.74, 6) is -0.448. The van der Waals surface area contributed by atoms with Gasteiger partial charge in [0.2, 0.25) is 0 Å². The highest BCUT2D eigenvalue weighted by atomic mass is 35.5. The molecule has 1 aromatic heterocycles. The van der Waals surface area contributed by atoms with E-state index in [1.165, 1.54) is 12.5 Å². The molecule has 1 heterocycles. The van der Waals surface area contributed by atoms with E-state index in [-0.39, 0.29) is 0 Å². The summed E-state index contributed by atoms with van der Waals surface area (Å²) in [7, 11) is 0. The van der Waals surface area contributed by atoms with E-state index in [1.54, 1.807) is 0 Å². The third-order valence-corrected chi connectivity index (χ3v) is 2.52. The van der Waals surface area contributed by atoms with Crippen molar-refractivity contribution in [2.75, 3.05) is 0 Å². The van der Waals surface area contributed by atoms with Crippen molar-refractivity contribution in [2.24, 2.45) is 0 Å². The maximum Gasteiger partial charge on any atom is 0.115 e. The van der Waals surface area contributed by atoms with Gasteiger partial charge in [-0.2, -0.15) is 5.26 Å². The zero-order chi connectivity index (χ0) is 11.4. The van der Waals surface area contributed by atoms with Crippen LogP contribution in [-0.4, -0.2) is 9.97 Å². The van der Waals surface area contributed by atoms with Crippen LogP contribution >= 0.6 is 11.6 Å². The summed E-state index contributed by atoms with van der Waals surface area (Å²) in [4.78, 5) is 7.86. The summed E-state index contributed by atoms with van der Waals surface area (Å²) in [6.45, 7) is 0. The molecule has 0 aliphatic heterocycles. The summed E-state index contributed by atoms with van der Waals surface area (Å²) in [6, 6.07) is 11.6. The first-order valence-corrected chi connectivity index (χ1v) is 5.10. The van der Waals surface area contributed by atoms with Gasteiger partial charge in [-0.05, 0) is 5.56 Å². The summed E-state index contributed by atoms with van der Waals surface area (Å²) in [5.41, 5.74) is 1.43. The van der Waals surface area contributed by atoms with Crippen molar-refractivity contribution in [3.8, 4) is 6.07 Å². The Morgan fingerprint density at radius 1 is 1.25 bits per heavy atom. The van der Waals surface area contributed by atoms with Crippen LogP contribution in [0.5, 0.6) is 0 Å². The molecule has 0 aliphatic rings. The molecular formula is C12H8ClN3. The van der Waals surface area contributed by atoms with Gasteiger partial charge in [0.15, 0.2) is 0 Å². The second-order valence-electron chi connectivity index (χ2n) is 3.23. The molecule has 3 nitrogen and oxygen atoms in total. The Bertz CT molecular complexity index is 519. The normalized spacial score (nSPS) is 11.8. The van der Waals surface area contributed by atoms with Crippen LogP contribution in [0.25, 0.3) is 0 Å². The molecule has 4 heteroatoms. The van der Waals surface area contributed by atoms with Crippen LogP contribution in [0, 0.1) is 11.3 Å². The van der Waals surface area contributed by atoms with E-state index in [0.29, 0.717) is 10.7 Å². The van der Waals surface area contributed by atoms with Gasteiger partial charge < -0.3 is 0 Å². The van der Waals surface area contributed by atoms with E-state index in [9.17, 15) is 5.26 Å². The monoisotopic (exact) mass is 229 g/mol. The molecule has 0 saturated heterocycles. The fourth-order valence-corrected chi connectivity index (χ4v) is 1.69. The van der Waals surface area contributed by atoms with Crippen molar-refractivity contribution < 1.29 is 0 Å². The van der Waals surface area contributed by atoms with Crippen molar-refractivity contribution in [3.05, 3.63) is 59.1 Å². The molecule has 0 fully saturated rings. The molecule has 2 rings (SSSR count). The first-order valence-electron chi connectivity index (χ1n) is 4.73. The molecule has 2 aromatic rings. The minimum Gasteiger partial charge on any atom is -0.243 e. The Balaban J connectivity index is 2.47. The van der Waals surface area contributed by atoms with Crippen LogP contribution in [0.15, 0.2) is 42.9 Å². The average Bonchev–Trinajstić information content (AvgIpc) is 2.34. The summed E-state index contributed by atoms with van der Waals surface area (Å²) < 4.78 is 0. The van der Waals surface area contributed by atoms with E-state index >= 15 is 0 Å². The predicted octanol–water partition coefficient (Wildman–Crippen LogP) is 2.79. The van der Waals surface area contributed by atoms with Crippen LogP contribution in [0.4, 0.5) is 0 Å². The molecule has 0 saturated carbocycles. The van der Waals surface area contributed by atoms with E-state index in [0.717, 1.165) is 5.56 Å². The Morgan fingerprint density at radius 2 is 2.00 bits per heavy atom. The number of hydrogen-bond acceptors (Lipinski definition) is 3. The third-order valence-electron chi connectivity index (χ3n) is 2.23. The Hall–Kier alpha value is -1.92. The molecule has 16 heavy (non-hydrogen) atoms. The molecule has 0 N–H and O–H groups in total. The van der Waals surface area contributed by atoms with Crippen molar-refractivity contribution in [1.29, 1.82) is 5.26 Å². The van der Waals surface area contributed by atoms with Gasteiger partial charge in [-0.25, -0.2) is 9.97 Å². The Labute approximate surface area is 98.4 Å². The molecule has 0 aliphatic carbocycles. The first-order chi connectivity index (χ1) is 7.83. The highest BCUT2D eigenvalue weighted by molar-refractivity contribution is 6.31. The molecule has 78 valence electrons. The van der Waals surface area contributed by atoms with E-state index < -0.39 is 5.92 Å². The summed E-state index contributed by atoms with van der Waals surface area (Å²) in [6.07, 6.45) is 2.89. The molecule has 1 atom stereocenters. The van der Waals surface area contributed by atoms with Crippen LogP contribution in [0.1, 0.15) is 17.2 Å². The molecule has 0 spiro atoms. The van der Waals surface area contributed by atoms with Crippen LogP contribution in [0.3, 0.4) is 0 Å². The lowest BCUT2D eigenvalue weighted by Crippen LogP contribution is -2.02. The Morgan fingerprint density at radius 3 is 2.62 bits per heavy atom. The molecule has 0 bridgehead atoms. The molecule has 0 amide bonds. The summed E-state index contributed by atoms with van der Waals surface area (Å²) >= 11 is 5.97. The highest BCUT2D eigenvalue weighted by Crippen LogP contribution is 2.26. The van der Waals surface area contributed by atoms with Gasteiger partial charge in [0.25, 0.3) is 0 Å². The number of hydrogen-bond donors (Lipinski definition) is 0. The minimum atomic E-state index is -0.448. The quantitative estimate of drug-likeness (QED) is 0.796. The number of nitriles is 1. The van der Waals surface area contributed by atoms with Crippen molar-refractivity contribution in [3.63, 3.8) is 0 Å². The lowest BCUT2D eigenvalue weighted by atomic mass is 9.97. The molecule has 1 unspecified atom stereocenters. The van der Waals surface area contributed by atoms with Gasteiger partial charge in [0, 0.05) is 6.20 Å². The van der Waals surface area contributed by atoms with Gasteiger partial charge >= 0.3 is 0 Å². The lowest BCUT2D eigenvalue weighted by molar-refractivity contribution is 0.944. The fourth-order valence-electron chi connectivity index (χ4n) is 1.47. The zero-order valence-electron chi connectivity index (χ0n) is 8.34. The van der Waals surface area contributed by atoms with E-state index in [4.69, 9.17) is 11.6 Å².